The first-order valence-electron chi connectivity index (χ1n) is 9.08. The average Bonchev–Trinajstić information content (AvgIpc) is 3.25. The number of amides is 4. The van der Waals surface area contributed by atoms with Crippen molar-refractivity contribution < 1.29 is 19.2 Å². The van der Waals surface area contributed by atoms with Crippen LogP contribution in [0.15, 0.2) is 17.8 Å². The first-order valence-corrected chi connectivity index (χ1v) is 9.96. The summed E-state index contributed by atoms with van der Waals surface area (Å²) >= 11 is 1.43. The van der Waals surface area contributed by atoms with E-state index in [1.54, 1.807) is 6.07 Å². The minimum absolute atomic E-state index is 0.156. The van der Waals surface area contributed by atoms with Crippen LogP contribution in [0.5, 0.6) is 0 Å². The molecular weight excluding hydrogens is 382 g/mol. The second kappa shape index (κ2) is 7.27. The fourth-order valence-electron chi connectivity index (χ4n) is 3.53. The van der Waals surface area contributed by atoms with Gasteiger partial charge in [0.1, 0.15) is 23.4 Å². The zero-order chi connectivity index (χ0) is 19.7. The van der Waals surface area contributed by atoms with Crippen molar-refractivity contribution in [3.8, 4) is 0 Å². The van der Waals surface area contributed by atoms with E-state index < -0.39 is 5.54 Å². The Morgan fingerprint density at radius 1 is 1.18 bits per heavy atom. The van der Waals surface area contributed by atoms with Crippen LogP contribution in [0, 0.1) is 0 Å². The van der Waals surface area contributed by atoms with Crippen LogP contribution in [0.3, 0.4) is 0 Å². The van der Waals surface area contributed by atoms with Crippen molar-refractivity contribution in [1.29, 1.82) is 0 Å². The Balaban J connectivity index is 1.38. The second-order valence-corrected chi connectivity index (χ2v) is 7.99. The van der Waals surface area contributed by atoms with Crippen molar-refractivity contribution in [2.75, 3.05) is 13.1 Å². The van der Waals surface area contributed by atoms with Gasteiger partial charge in [0.2, 0.25) is 17.7 Å². The standard InChI is InChI=1S/C18H19N5O4S/c24-12(8-23-13(25)2-3-14(23)26)22-18(5-1-6-18)9-19-16(27)15-11-4-7-28-17(11)21-10-20-15/h4,7,10H,1-3,5-6,8-9H2,(H,19,27)(H,22,24). The Morgan fingerprint density at radius 2 is 1.93 bits per heavy atom. The highest BCUT2D eigenvalue weighted by Gasteiger charge is 2.40. The summed E-state index contributed by atoms with van der Waals surface area (Å²) < 4.78 is 0. The number of nitrogens with one attached hydrogen (secondary N) is 2. The average molecular weight is 401 g/mol. The first kappa shape index (κ1) is 18.5. The van der Waals surface area contributed by atoms with E-state index in [1.165, 1.54) is 17.7 Å². The van der Waals surface area contributed by atoms with E-state index in [0.717, 1.165) is 29.0 Å². The van der Waals surface area contributed by atoms with E-state index in [4.69, 9.17) is 0 Å². The van der Waals surface area contributed by atoms with Gasteiger partial charge >= 0.3 is 0 Å². The molecule has 2 aromatic rings. The van der Waals surface area contributed by atoms with Crippen LogP contribution in [0.2, 0.25) is 0 Å². The molecule has 4 amide bonds. The van der Waals surface area contributed by atoms with Crippen LogP contribution in [-0.4, -0.2) is 57.1 Å². The molecule has 4 rings (SSSR count). The number of fused-ring (bicyclic) bond motifs is 1. The fourth-order valence-corrected chi connectivity index (χ4v) is 4.26. The SMILES string of the molecule is O=C(CN1C(=O)CCC1=O)NC1(CNC(=O)c2ncnc3sccc23)CCC1. The van der Waals surface area contributed by atoms with E-state index in [-0.39, 0.29) is 49.6 Å². The van der Waals surface area contributed by atoms with Gasteiger partial charge in [0.15, 0.2) is 0 Å². The van der Waals surface area contributed by atoms with Gasteiger partial charge < -0.3 is 10.6 Å². The highest BCUT2D eigenvalue weighted by Crippen LogP contribution is 2.31. The molecule has 146 valence electrons. The predicted molar refractivity (Wildman–Crippen MR) is 100 cm³/mol. The number of aromatic nitrogens is 2. The lowest BCUT2D eigenvalue weighted by molar-refractivity contribution is -0.143. The van der Waals surface area contributed by atoms with Crippen LogP contribution < -0.4 is 10.6 Å². The number of imide groups is 1. The Labute approximate surface area is 164 Å². The quantitative estimate of drug-likeness (QED) is 0.684. The monoisotopic (exact) mass is 401 g/mol. The highest BCUT2D eigenvalue weighted by atomic mass is 32.1. The van der Waals surface area contributed by atoms with Gasteiger partial charge in [0.25, 0.3) is 5.91 Å². The molecule has 0 atom stereocenters. The summed E-state index contributed by atoms with van der Waals surface area (Å²) in [5.41, 5.74) is -0.250. The molecule has 1 saturated heterocycles. The normalized spacial score (nSPS) is 18.2. The maximum Gasteiger partial charge on any atom is 0.270 e. The van der Waals surface area contributed by atoms with Crippen LogP contribution in [0.25, 0.3) is 10.2 Å². The van der Waals surface area contributed by atoms with Crippen LogP contribution in [-0.2, 0) is 14.4 Å². The van der Waals surface area contributed by atoms with Crippen LogP contribution >= 0.6 is 11.3 Å². The molecule has 0 radical (unpaired) electrons. The molecular formula is C18H19N5O4S. The molecule has 0 aromatic carbocycles. The Hall–Kier alpha value is -2.88. The molecule has 10 heteroatoms. The van der Waals surface area contributed by atoms with E-state index in [2.05, 4.69) is 20.6 Å². The van der Waals surface area contributed by atoms with Gasteiger partial charge in [-0.05, 0) is 30.7 Å². The summed E-state index contributed by atoms with van der Waals surface area (Å²) in [7, 11) is 0. The first-order chi connectivity index (χ1) is 13.5. The van der Waals surface area contributed by atoms with Gasteiger partial charge in [-0.2, -0.15) is 0 Å². The summed E-state index contributed by atoms with van der Waals surface area (Å²) in [6.45, 7) is -0.0100. The lowest BCUT2D eigenvalue weighted by atomic mass is 9.76. The molecule has 0 unspecified atom stereocenters. The molecule has 9 nitrogen and oxygen atoms in total. The number of hydrogen-bond donors (Lipinski definition) is 2. The van der Waals surface area contributed by atoms with Gasteiger partial charge in [-0.15, -0.1) is 11.3 Å². The van der Waals surface area contributed by atoms with E-state index in [9.17, 15) is 19.2 Å². The molecule has 2 aliphatic rings. The third-order valence-corrected chi connectivity index (χ3v) is 6.06. The third-order valence-electron chi connectivity index (χ3n) is 5.24. The van der Waals surface area contributed by atoms with Gasteiger partial charge in [-0.25, -0.2) is 9.97 Å². The molecule has 0 bridgehead atoms. The van der Waals surface area contributed by atoms with Crippen LogP contribution in [0.1, 0.15) is 42.6 Å². The van der Waals surface area contributed by atoms with Crippen molar-refractivity contribution in [2.45, 2.75) is 37.6 Å². The smallest absolute Gasteiger partial charge is 0.270 e. The third kappa shape index (κ3) is 3.47. The number of thiophene rings is 1. The van der Waals surface area contributed by atoms with E-state index in [1.807, 2.05) is 5.38 Å². The molecule has 2 N–H and O–H groups in total. The molecule has 2 fully saturated rings. The summed E-state index contributed by atoms with van der Waals surface area (Å²) in [5.74, 6) is -1.35. The number of likely N-dealkylation sites (tertiary alicyclic amines) is 1. The molecule has 2 aromatic heterocycles. The molecule has 3 heterocycles. The van der Waals surface area contributed by atoms with Crippen molar-refractivity contribution in [2.24, 2.45) is 0 Å². The van der Waals surface area contributed by atoms with Crippen molar-refractivity contribution >= 4 is 45.2 Å². The highest BCUT2D eigenvalue weighted by molar-refractivity contribution is 7.16. The zero-order valence-electron chi connectivity index (χ0n) is 15.1. The van der Waals surface area contributed by atoms with Gasteiger partial charge in [-0.3, -0.25) is 24.1 Å². The molecule has 1 aliphatic carbocycles. The number of rotatable bonds is 6. The van der Waals surface area contributed by atoms with Crippen molar-refractivity contribution in [3.63, 3.8) is 0 Å². The largest absolute Gasteiger partial charge is 0.348 e. The van der Waals surface area contributed by atoms with Gasteiger partial charge in [-0.1, -0.05) is 0 Å². The summed E-state index contributed by atoms with van der Waals surface area (Å²) in [6, 6.07) is 1.81. The maximum absolute atomic E-state index is 12.6. The van der Waals surface area contributed by atoms with Crippen LogP contribution in [0.4, 0.5) is 0 Å². The summed E-state index contributed by atoms with van der Waals surface area (Å²) in [5, 5.41) is 8.31. The maximum atomic E-state index is 12.6. The molecule has 28 heavy (non-hydrogen) atoms. The van der Waals surface area contributed by atoms with Crippen molar-refractivity contribution in [3.05, 3.63) is 23.5 Å². The lowest BCUT2D eigenvalue weighted by Crippen LogP contribution is -2.61. The lowest BCUT2D eigenvalue weighted by Gasteiger charge is -2.42. The minimum atomic E-state index is -0.556. The Kier molecular flexibility index (Phi) is 4.80. The molecule has 1 aliphatic heterocycles. The molecule has 0 spiro atoms. The predicted octanol–water partition coefficient (Wildman–Crippen LogP) is 0.609. The van der Waals surface area contributed by atoms with Gasteiger partial charge in [0.05, 0.1) is 5.54 Å². The Morgan fingerprint density at radius 3 is 2.61 bits per heavy atom. The molecule has 1 saturated carbocycles. The topological polar surface area (TPSA) is 121 Å². The second-order valence-electron chi connectivity index (χ2n) is 7.10. The fraction of sp³-hybridized carbons (Fsp3) is 0.444. The zero-order valence-corrected chi connectivity index (χ0v) is 15.9. The number of nitrogens with zero attached hydrogens (tertiary/aromatic N) is 3. The Bertz CT molecular complexity index is 952. The number of hydrogen-bond acceptors (Lipinski definition) is 7. The van der Waals surface area contributed by atoms with Crippen molar-refractivity contribution in [1.82, 2.24) is 25.5 Å². The van der Waals surface area contributed by atoms with E-state index >= 15 is 0 Å². The van der Waals surface area contributed by atoms with E-state index in [0.29, 0.717) is 11.1 Å². The minimum Gasteiger partial charge on any atom is -0.348 e. The van der Waals surface area contributed by atoms with Gasteiger partial charge in [0, 0.05) is 24.8 Å². The number of carbonyl (C=O) groups excluding carboxylic acids is 4. The number of carbonyl (C=O) groups is 4. The summed E-state index contributed by atoms with van der Waals surface area (Å²) in [4.78, 5) is 58.3. The summed E-state index contributed by atoms with van der Waals surface area (Å²) in [6.07, 6.45) is 4.04.